The van der Waals surface area contributed by atoms with Crippen LogP contribution in [0.5, 0.6) is 0 Å². The van der Waals surface area contributed by atoms with Crippen molar-refractivity contribution in [3.05, 3.63) is 30.1 Å². The summed E-state index contributed by atoms with van der Waals surface area (Å²) in [4.78, 5) is 24.5. The standard InChI is InChI=1S/C12H13FN2O2/c1-12(2)7-10(16)15(11(17)14-12)9-6-4-3-5-8(9)13/h3-6H,7H2,1-2H3,(H,14,17). The maximum atomic E-state index is 13.5. The predicted octanol–water partition coefficient (Wildman–Crippen LogP) is 2.05. The van der Waals surface area contributed by atoms with Gasteiger partial charge in [0.1, 0.15) is 5.82 Å². The zero-order valence-corrected chi connectivity index (χ0v) is 9.66. The van der Waals surface area contributed by atoms with Crippen molar-refractivity contribution in [3.63, 3.8) is 0 Å². The number of nitrogens with zero attached hydrogens (tertiary/aromatic N) is 1. The number of anilines is 1. The van der Waals surface area contributed by atoms with Crippen molar-refractivity contribution < 1.29 is 14.0 Å². The predicted molar refractivity (Wildman–Crippen MR) is 61.1 cm³/mol. The summed E-state index contributed by atoms with van der Waals surface area (Å²) in [7, 11) is 0. The molecule has 0 aliphatic carbocycles. The summed E-state index contributed by atoms with van der Waals surface area (Å²) in [5, 5.41) is 2.66. The molecule has 1 aliphatic heterocycles. The molecule has 0 saturated carbocycles. The number of halogens is 1. The zero-order chi connectivity index (χ0) is 12.6. The van der Waals surface area contributed by atoms with Crippen LogP contribution in [-0.4, -0.2) is 17.5 Å². The molecule has 0 spiro atoms. The van der Waals surface area contributed by atoms with Gasteiger partial charge in [0.15, 0.2) is 0 Å². The third-order valence-electron chi connectivity index (χ3n) is 2.58. The highest BCUT2D eigenvalue weighted by Gasteiger charge is 2.38. The Bertz CT molecular complexity index is 465. The largest absolute Gasteiger partial charge is 0.332 e. The molecule has 1 heterocycles. The van der Waals surface area contributed by atoms with Gasteiger partial charge >= 0.3 is 6.03 Å². The van der Waals surface area contributed by atoms with E-state index >= 15 is 0 Å². The highest BCUT2D eigenvalue weighted by molar-refractivity contribution is 6.16. The molecule has 5 heteroatoms. The van der Waals surface area contributed by atoms with Gasteiger partial charge in [0.25, 0.3) is 0 Å². The number of nitrogens with one attached hydrogen (secondary N) is 1. The van der Waals surface area contributed by atoms with Crippen molar-refractivity contribution in [2.45, 2.75) is 25.8 Å². The normalized spacial score (nSPS) is 19.1. The Kier molecular flexibility index (Phi) is 2.61. The molecule has 4 nitrogen and oxygen atoms in total. The lowest BCUT2D eigenvalue weighted by Gasteiger charge is -2.36. The molecular weight excluding hydrogens is 223 g/mol. The summed E-state index contributed by atoms with van der Waals surface area (Å²) in [6.07, 6.45) is 0.146. The van der Waals surface area contributed by atoms with Crippen molar-refractivity contribution in [2.75, 3.05) is 4.90 Å². The van der Waals surface area contributed by atoms with E-state index in [-0.39, 0.29) is 12.1 Å². The lowest BCUT2D eigenvalue weighted by molar-refractivity contribution is -0.119. The number of para-hydroxylation sites is 1. The fourth-order valence-corrected chi connectivity index (χ4v) is 1.84. The Morgan fingerprint density at radius 2 is 1.94 bits per heavy atom. The van der Waals surface area contributed by atoms with E-state index in [9.17, 15) is 14.0 Å². The van der Waals surface area contributed by atoms with E-state index in [4.69, 9.17) is 0 Å². The topological polar surface area (TPSA) is 49.4 Å². The number of imide groups is 1. The highest BCUT2D eigenvalue weighted by atomic mass is 19.1. The molecule has 1 N–H and O–H groups in total. The number of benzene rings is 1. The number of urea groups is 1. The van der Waals surface area contributed by atoms with E-state index in [0.29, 0.717) is 0 Å². The summed E-state index contributed by atoms with van der Waals surface area (Å²) in [5.74, 6) is -0.987. The first-order valence-electron chi connectivity index (χ1n) is 5.30. The maximum absolute atomic E-state index is 13.5. The molecule has 1 aromatic rings. The van der Waals surface area contributed by atoms with E-state index in [0.717, 1.165) is 4.90 Å². The lowest BCUT2D eigenvalue weighted by atomic mass is 9.97. The molecule has 17 heavy (non-hydrogen) atoms. The molecule has 0 bridgehead atoms. The van der Waals surface area contributed by atoms with Crippen LogP contribution in [0.2, 0.25) is 0 Å². The van der Waals surface area contributed by atoms with Crippen LogP contribution in [-0.2, 0) is 4.79 Å². The first-order valence-corrected chi connectivity index (χ1v) is 5.30. The second-order valence-electron chi connectivity index (χ2n) is 4.67. The molecular formula is C12H13FN2O2. The van der Waals surface area contributed by atoms with Crippen LogP contribution in [0, 0.1) is 5.82 Å². The number of amides is 3. The van der Waals surface area contributed by atoms with Crippen LogP contribution in [0.1, 0.15) is 20.3 Å². The minimum absolute atomic E-state index is 0.00880. The number of hydrogen-bond acceptors (Lipinski definition) is 2. The fourth-order valence-electron chi connectivity index (χ4n) is 1.84. The Balaban J connectivity index is 2.38. The SMILES string of the molecule is CC1(C)CC(=O)N(c2ccccc2F)C(=O)N1. The quantitative estimate of drug-likeness (QED) is 0.811. The molecule has 0 unspecified atom stereocenters. The zero-order valence-electron chi connectivity index (χ0n) is 9.66. The number of rotatable bonds is 1. The van der Waals surface area contributed by atoms with Gasteiger partial charge < -0.3 is 5.32 Å². The lowest BCUT2D eigenvalue weighted by Crippen LogP contribution is -2.59. The van der Waals surface area contributed by atoms with Crippen molar-refractivity contribution >= 4 is 17.6 Å². The number of carbonyl (C=O) groups excluding carboxylic acids is 2. The number of hydrogen-bond donors (Lipinski definition) is 1. The Morgan fingerprint density at radius 1 is 1.29 bits per heavy atom. The Hall–Kier alpha value is -1.91. The molecule has 90 valence electrons. The van der Waals surface area contributed by atoms with Gasteiger partial charge in [-0.2, -0.15) is 0 Å². The van der Waals surface area contributed by atoms with Gasteiger partial charge in [-0.05, 0) is 26.0 Å². The van der Waals surface area contributed by atoms with E-state index in [1.165, 1.54) is 18.2 Å². The molecule has 1 aliphatic rings. The molecule has 0 atom stereocenters. The minimum Gasteiger partial charge on any atom is -0.332 e. The second kappa shape index (κ2) is 3.84. The fraction of sp³-hybridized carbons (Fsp3) is 0.333. The maximum Gasteiger partial charge on any atom is 0.329 e. The van der Waals surface area contributed by atoms with Crippen molar-refractivity contribution in [1.82, 2.24) is 5.32 Å². The first-order chi connectivity index (χ1) is 7.91. The van der Waals surface area contributed by atoms with Gasteiger partial charge in [0.2, 0.25) is 5.91 Å². The van der Waals surface area contributed by atoms with Crippen LogP contribution < -0.4 is 10.2 Å². The molecule has 1 saturated heterocycles. The summed E-state index contributed by atoms with van der Waals surface area (Å²) >= 11 is 0. The van der Waals surface area contributed by atoms with E-state index in [2.05, 4.69) is 5.32 Å². The highest BCUT2D eigenvalue weighted by Crippen LogP contribution is 2.25. The van der Waals surface area contributed by atoms with Crippen molar-refractivity contribution in [3.8, 4) is 0 Å². The van der Waals surface area contributed by atoms with E-state index in [1.54, 1.807) is 19.9 Å². The average Bonchev–Trinajstić information content (AvgIpc) is 2.17. The third kappa shape index (κ3) is 2.13. The van der Waals surface area contributed by atoms with Crippen LogP contribution in [0.4, 0.5) is 14.9 Å². The summed E-state index contributed by atoms with van der Waals surface area (Å²) in [6, 6.07) is 5.13. The van der Waals surface area contributed by atoms with Gasteiger partial charge in [-0.3, -0.25) is 4.79 Å². The molecule has 3 amide bonds. The minimum atomic E-state index is -0.587. The van der Waals surface area contributed by atoms with Crippen LogP contribution in [0.15, 0.2) is 24.3 Å². The van der Waals surface area contributed by atoms with Crippen molar-refractivity contribution in [2.24, 2.45) is 0 Å². The Labute approximate surface area is 98.4 Å². The van der Waals surface area contributed by atoms with Crippen LogP contribution >= 0.6 is 0 Å². The summed E-state index contributed by atoms with van der Waals surface area (Å²) in [6.45, 7) is 3.50. The molecule has 0 aromatic heterocycles. The van der Waals surface area contributed by atoms with E-state index < -0.39 is 23.3 Å². The average molecular weight is 236 g/mol. The number of carbonyl (C=O) groups is 2. The van der Waals surface area contributed by atoms with Gasteiger partial charge in [-0.15, -0.1) is 0 Å². The molecule has 0 radical (unpaired) electrons. The first kappa shape index (κ1) is 11.6. The van der Waals surface area contributed by atoms with Crippen LogP contribution in [0.3, 0.4) is 0 Å². The molecule has 1 fully saturated rings. The summed E-state index contributed by atoms with van der Waals surface area (Å²) < 4.78 is 13.5. The molecule has 1 aromatic carbocycles. The van der Waals surface area contributed by atoms with E-state index in [1.807, 2.05) is 0 Å². The Morgan fingerprint density at radius 3 is 2.53 bits per heavy atom. The third-order valence-corrected chi connectivity index (χ3v) is 2.58. The monoisotopic (exact) mass is 236 g/mol. The second-order valence-corrected chi connectivity index (χ2v) is 4.67. The smallest absolute Gasteiger partial charge is 0.329 e. The summed E-state index contributed by atoms with van der Waals surface area (Å²) in [5.41, 5.74) is -0.596. The molecule has 2 rings (SSSR count). The van der Waals surface area contributed by atoms with Crippen molar-refractivity contribution in [1.29, 1.82) is 0 Å². The van der Waals surface area contributed by atoms with Gasteiger partial charge in [0.05, 0.1) is 12.1 Å². The van der Waals surface area contributed by atoms with Crippen LogP contribution in [0.25, 0.3) is 0 Å². The van der Waals surface area contributed by atoms with Gasteiger partial charge in [-0.1, -0.05) is 12.1 Å². The van der Waals surface area contributed by atoms with Gasteiger partial charge in [0, 0.05) is 5.54 Å². The van der Waals surface area contributed by atoms with Gasteiger partial charge in [-0.25, -0.2) is 14.1 Å².